The Kier molecular flexibility index (Phi) is 8.99. The minimum absolute atomic E-state index is 0.281. The highest BCUT2D eigenvalue weighted by atomic mass is 16.4. The number of aliphatic hydroxyl groups is 1. The average molecular weight is 309 g/mol. The molecule has 1 aromatic carbocycles. The fraction of sp³-hybridized carbons (Fsp3) is 0.611. The number of aliphatic carboxylic acids is 1. The Hall–Kier alpha value is -1.39. The van der Waals surface area contributed by atoms with Crippen LogP contribution >= 0.6 is 0 Å². The summed E-state index contributed by atoms with van der Waals surface area (Å²) in [6.45, 7) is 7.09. The van der Waals surface area contributed by atoms with Gasteiger partial charge in [0.05, 0.1) is 27.7 Å². The smallest absolute Gasteiger partial charge is 0.101 e. The summed E-state index contributed by atoms with van der Waals surface area (Å²) in [6, 6.07) is 7.74. The highest BCUT2D eigenvalue weighted by Gasteiger charge is 2.06. The normalized spacial score (nSPS) is 12.5. The van der Waals surface area contributed by atoms with Crippen LogP contribution in [0.15, 0.2) is 24.3 Å². The molecule has 0 fully saturated rings. The number of hydrogen-bond acceptors (Lipinski definition) is 3. The van der Waals surface area contributed by atoms with Gasteiger partial charge in [0, 0.05) is 11.9 Å². The van der Waals surface area contributed by atoms with Gasteiger partial charge in [-0.05, 0) is 23.5 Å². The third-order valence-electron chi connectivity index (χ3n) is 3.25. The second kappa shape index (κ2) is 9.59. The van der Waals surface area contributed by atoms with Crippen molar-refractivity contribution in [1.29, 1.82) is 0 Å². The number of carboxylic acid groups (broad SMARTS) is 1. The summed E-state index contributed by atoms with van der Waals surface area (Å²) in [4.78, 5) is 10.7. The summed E-state index contributed by atoms with van der Waals surface area (Å²) >= 11 is 0. The van der Waals surface area contributed by atoms with Gasteiger partial charge >= 0.3 is 0 Å². The molecule has 1 atom stereocenters. The zero-order valence-corrected chi connectivity index (χ0v) is 14.8. The Morgan fingerprint density at radius 3 is 1.91 bits per heavy atom. The number of rotatable bonds is 6. The zero-order valence-electron chi connectivity index (χ0n) is 14.8. The van der Waals surface area contributed by atoms with Crippen molar-refractivity contribution in [2.75, 3.05) is 34.3 Å². The van der Waals surface area contributed by atoms with E-state index < -0.39 is 11.9 Å². The van der Waals surface area contributed by atoms with Gasteiger partial charge in [0.1, 0.15) is 6.54 Å². The van der Waals surface area contributed by atoms with E-state index in [9.17, 15) is 9.90 Å². The summed E-state index contributed by atoms with van der Waals surface area (Å²) in [5.74, 6) is -0.931. The monoisotopic (exact) mass is 309 g/mol. The summed E-state index contributed by atoms with van der Waals surface area (Å²) in [5, 5.41) is 19.0. The first-order valence-corrected chi connectivity index (χ1v) is 7.77. The Labute approximate surface area is 135 Å². The molecular weight excluding hydrogens is 278 g/mol. The molecule has 1 N–H and O–H groups in total. The quantitative estimate of drug-likeness (QED) is 0.809. The number of aliphatic hydroxyl groups excluding tert-OH is 1. The topological polar surface area (TPSA) is 60.4 Å². The molecule has 0 saturated carbocycles. The average Bonchev–Trinajstić information content (AvgIpc) is 2.37. The Bertz CT molecular complexity index is 433. The van der Waals surface area contributed by atoms with E-state index in [1.807, 2.05) is 24.3 Å². The third-order valence-corrected chi connectivity index (χ3v) is 3.25. The summed E-state index contributed by atoms with van der Waals surface area (Å²) < 4.78 is 0.844. The van der Waals surface area contributed by atoms with Crippen molar-refractivity contribution >= 4 is 5.97 Å². The lowest BCUT2D eigenvalue weighted by molar-refractivity contribution is -0.870. The van der Waals surface area contributed by atoms with Crippen LogP contribution in [0.3, 0.4) is 0 Å². The van der Waals surface area contributed by atoms with Gasteiger partial charge in [0.2, 0.25) is 0 Å². The maximum absolute atomic E-state index is 10.7. The van der Waals surface area contributed by atoms with Crippen LogP contribution in [0.5, 0.6) is 0 Å². The zero-order chi connectivity index (χ0) is 17.3. The van der Waals surface area contributed by atoms with Gasteiger partial charge in [-0.15, -0.1) is 0 Å². The van der Waals surface area contributed by atoms with Crippen molar-refractivity contribution in [3.8, 4) is 0 Å². The van der Waals surface area contributed by atoms with Gasteiger partial charge < -0.3 is 19.5 Å². The van der Waals surface area contributed by atoms with Crippen LogP contribution in [0.25, 0.3) is 0 Å². The molecule has 0 saturated heterocycles. The van der Waals surface area contributed by atoms with Gasteiger partial charge in [-0.25, -0.2) is 0 Å². The molecule has 1 unspecified atom stereocenters. The molecule has 0 aliphatic heterocycles. The number of quaternary nitrogens is 1. The molecule has 0 aliphatic rings. The number of nitrogens with zero attached hydrogens (tertiary/aromatic N) is 1. The van der Waals surface area contributed by atoms with Crippen LogP contribution in [-0.4, -0.2) is 49.9 Å². The van der Waals surface area contributed by atoms with Crippen LogP contribution in [0.2, 0.25) is 0 Å². The first-order chi connectivity index (χ1) is 10.1. The van der Waals surface area contributed by atoms with E-state index in [0.29, 0.717) is 5.92 Å². The summed E-state index contributed by atoms with van der Waals surface area (Å²) in [5.41, 5.74) is 2.06. The van der Waals surface area contributed by atoms with E-state index in [0.717, 1.165) is 23.0 Å². The van der Waals surface area contributed by atoms with Crippen molar-refractivity contribution in [2.24, 2.45) is 5.92 Å². The van der Waals surface area contributed by atoms with Crippen molar-refractivity contribution < 1.29 is 19.5 Å². The molecule has 0 amide bonds. The van der Waals surface area contributed by atoms with E-state index in [4.69, 9.17) is 5.11 Å². The Morgan fingerprint density at radius 1 is 1.14 bits per heavy atom. The van der Waals surface area contributed by atoms with E-state index in [-0.39, 0.29) is 6.61 Å². The first-order valence-electron chi connectivity index (χ1n) is 7.77. The Morgan fingerprint density at radius 2 is 1.64 bits per heavy atom. The van der Waals surface area contributed by atoms with E-state index in [1.54, 1.807) is 6.92 Å². The summed E-state index contributed by atoms with van der Waals surface area (Å²) in [6.07, 6.45) is 1.03. The standard InChI is InChI=1S/C13H18O2.C5H14NO/c1-9(2)8-11-4-6-12(7-5-11)10(3)13(14)15;1-6(2,3)4-5-7/h4-7,9-10H,8H2,1-3H3,(H,14,15);7H,4-5H2,1-3H3/q;+1/p-1. The summed E-state index contributed by atoms with van der Waals surface area (Å²) in [7, 11) is 6.16. The molecule has 4 nitrogen and oxygen atoms in total. The molecule has 0 heterocycles. The molecule has 126 valence electrons. The molecule has 0 spiro atoms. The fourth-order valence-corrected chi connectivity index (χ4v) is 1.85. The highest BCUT2D eigenvalue weighted by Crippen LogP contribution is 2.16. The number of carbonyl (C=O) groups is 1. The lowest BCUT2D eigenvalue weighted by Gasteiger charge is -2.21. The molecule has 0 aromatic heterocycles. The van der Waals surface area contributed by atoms with E-state index in [2.05, 4.69) is 35.0 Å². The number of benzene rings is 1. The minimum atomic E-state index is -1.02. The third kappa shape index (κ3) is 9.53. The number of carboxylic acids is 1. The predicted molar refractivity (Wildman–Crippen MR) is 88.4 cm³/mol. The van der Waals surface area contributed by atoms with Crippen molar-refractivity contribution in [1.82, 2.24) is 0 Å². The maximum atomic E-state index is 10.7. The second-order valence-corrected chi connectivity index (χ2v) is 7.12. The van der Waals surface area contributed by atoms with Crippen molar-refractivity contribution in [3.05, 3.63) is 35.4 Å². The maximum Gasteiger partial charge on any atom is 0.101 e. The van der Waals surface area contributed by atoms with Crippen LogP contribution in [0.1, 0.15) is 37.8 Å². The number of carbonyl (C=O) groups excluding carboxylic acids is 1. The minimum Gasteiger partial charge on any atom is -0.550 e. The molecule has 22 heavy (non-hydrogen) atoms. The lowest BCUT2D eigenvalue weighted by Crippen LogP contribution is -2.36. The number of hydrogen-bond donors (Lipinski definition) is 1. The molecule has 1 aromatic rings. The largest absolute Gasteiger partial charge is 0.550 e. The van der Waals surface area contributed by atoms with Crippen LogP contribution in [0.4, 0.5) is 0 Å². The molecule has 0 aliphatic carbocycles. The lowest BCUT2D eigenvalue weighted by atomic mass is 9.97. The Balaban J connectivity index is 0.000000534. The number of likely N-dealkylation sites (N-methyl/N-ethyl adjacent to an activating group) is 1. The molecule has 4 heteroatoms. The van der Waals surface area contributed by atoms with Crippen LogP contribution < -0.4 is 5.11 Å². The SMILES string of the molecule is CC(C)Cc1ccc(C(C)C(=O)[O-])cc1.C[N+](C)(C)CCO. The van der Waals surface area contributed by atoms with E-state index >= 15 is 0 Å². The van der Waals surface area contributed by atoms with Crippen LogP contribution in [0, 0.1) is 5.92 Å². The van der Waals surface area contributed by atoms with Gasteiger partial charge in [-0.1, -0.05) is 45.0 Å². The molecule has 1 rings (SSSR count). The van der Waals surface area contributed by atoms with Gasteiger partial charge in [0.25, 0.3) is 0 Å². The second-order valence-electron chi connectivity index (χ2n) is 7.12. The van der Waals surface area contributed by atoms with Crippen molar-refractivity contribution in [3.63, 3.8) is 0 Å². The predicted octanol–water partition coefficient (Wildman–Crippen LogP) is 1.42. The van der Waals surface area contributed by atoms with Crippen LogP contribution in [-0.2, 0) is 11.2 Å². The molecule has 0 bridgehead atoms. The first kappa shape index (κ1) is 20.6. The molecule has 0 radical (unpaired) electrons. The van der Waals surface area contributed by atoms with E-state index in [1.165, 1.54) is 5.56 Å². The highest BCUT2D eigenvalue weighted by molar-refractivity contribution is 5.73. The van der Waals surface area contributed by atoms with Gasteiger partial charge in [-0.2, -0.15) is 0 Å². The van der Waals surface area contributed by atoms with Gasteiger partial charge in [0.15, 0.2) is 0 Å². The van der Waals surface area contributed by atoms with Crippen molar-refractivity contribution in [2.45, 2.75) is 33.1 Å². The fourth-order valence-electron chi connectivity index (χ4n) is 1.85. The van der Waals surface area contributed by atoms with Gasteiger partial charge in [-0.3, -0.25) is 0 Å². The molecular formula is C18H31NO3.